The molecule has 0 saturated heterocycles. The molecule has 0 atom stereocenters. The van der Waals surface area contributed by atoms with Crippen LogP contribution in [0.15, 0.2) is 47.8 Å². The number of aromatic nitrogens is 2. The number of fused-ring (bicyclic) bond motifs is 1. The largest absolute Gasteiger partial charge is 0.496 e. The van der Waals surface area contributed by atoms with Crippen LogP contribution in [0.2, 0.25) is 0 Å². The number of methoxy groups -OCH3 is 1. The molecule has 0 aliphatic carbocycles. The van der Waals surface area contributed by atoms with Crippen molar-refractivity contribution >= 4 is 33.3 Å². The molecule has 142 valence electrons. The van der Waals surface area contributed by atoms with Crippen molar-refractivity contribution < 1.29 is 18.3 Å². The van der Waals surface area contributed by atoms with Crippen LogP contribution in [-0.4, -0.2) is 22.6 Å². The first-order chi connectivity index (χ1) is 13.5. The van der Waals surface area contributed by atoms with Crippen LogP contribution in [0.4, 0.5) is 13.9 Å². The number of carbonyl (C=O) groups excluding carboxylic acids is 1. The topological polar surface area (TPSA) is 56.1 Å². The lowest BCUT2D eigenvalue weighted by Crippen LogP contribution is -2.15. The summed E-state index contributed by atoms with van der Waals surface area (Å²) >= 11 is 1.22. The SMILES string of the molecule is COc1ccc(F)cc1-c1csc(NC(=O)c2cc3ccc(F)cc3n2C)n1. The predicted octanol–water partition coefficient (Wildman–Crippen LogP) is 4.84. The van der Waals surface area contributed by atoms with Crippen molar-refractivity contribution in [3.63, 3.8) is 0 Å². The molecule has 5 nitrogen and oxygen atoms in total. The summed E-state index contributed by atoms with van der Waals surface area (Å²) < 4.78 is 33.9. The molecule has 2 aromatic carbocycles. The lowest BCUT2D eigenvalue weighted by Gasteiger charge is -2.06. The number of aryl methyl sites for hydroxylation is 1. The monoisotopic (exact) mass is 399 g/mol. The molecule has 8 heteroatoms. The van der Waals surface area contributed by atoms with Gasteiger partial charge >= 0.3 is 0 Å². The summed E-state index contributed by atoms with van der Waals surface area (Å²) in [4.78, 5) is 17.0. The van der Waals surface area contributed by atoms with Gasteiger partial charge in [0.1, 0.15) is 23.1 Å². The first-order valence-electron chi connectivity index (χ1n) is 8.32. The van der Waals surface area contributed by atoms with E-state index >= 15 is 0 Å². The summed E-state index contributed by atoms with van der Waals surface area (Å²) in [6.45, 7) is 0. The summed E-state index contributed by atoms with van der Waals surface area (Å²) in [5.41, 5.74) is 1.99. The average Bonchev–Trinajstić information content (AvgIpc) is 3.26. The van der Waals surface area contributed by atoms with E-state index in [4.69, 9.17) is 4.74 Å². The highest BCUT2D eigenvalue weighted by Crippen LogP contribution is 2.33. The van der Waals surface area contributed by atoms with Crippen LogP contribution in [0.5, 0.6) is 5.75 Å². The van der Waals surface area contributed by atoms with Gasteiger partial charge < -0.3 is 9.30 Å². The summed E-state index contributed by atoms with van der Waals surface area (Å²) in [5.74, 6) is -0.655. The molecule has 2 heterocycles. The molecule has 1 amide bonds. The highest BCUT2D eigenvalue weighted by Gasteiger charge is 2.17. The Morgan fingerprint density at radius 3 is 2.68 bits per heavy atom. The van der Waals surface area contributed by atoms with Gasteiger partial charge in [0.25, 0.3) is 5.91 Å². The number of amides is 1. The van der Waals surface area contributed by atoms with E-state index in [9.17, 15) is 13.6 Å². The van der Waals surface area contributed by atoms with Crippen molar-refractivity contribution in [1.82, 2.24) is 9.55 Å². The third kappa shape index (κ3) is 3.22. The molecule has 1 N–H and O–H groups in total. The summed E-state index contributed by atoms with van der Waals surface area (Å²) in [7, 11) is 3.19. The zero-order valence-electron chi connectivity index (χ0n) is 15.0. The third-order valence-corrected chi connectivity index (χ3v) is 5.16. The number of hydrogen-bond acceptors (Lipinski definition) is 4. The van der Waals surface area contributed by atoms with Crippen LogP contribution in [0.25, 0.3) is 22.2 Å². The molecular weight excluding hydrogens is 384 g/mol. The summed E-state index contributed by atoms with van der Waals surface area (Å²) in [5, 5.41) is 5.57. The standard InChI is InChI=1S/C20H15F2N3O2S/c1-25-16-9-13(22)4-3-11(16)7-17(25)19(26)24-20-23-15(10-28-20)14-8-12(21)5-6-18(14)27-2/h3-10H,1-2H3,(H,23,24,26). The van der Waals surface area contributed by atoms with Crippen molar-refractivity contribution in [1.29, 1.82) is 0 Å². The Hall–Kier alpha value is -3.26. The van der Waals surface area contributed by atoms with Gasteiger partial charge in [0.05, 0.1) is 18.3 Å². The first kappa shape index (κ1) is 18.1. The Bertz CT molecular complexity index is 1200. The van der Waals surface area contributed by atoms with Gasteiger partial charge in [0.2, 0.25) is 0 Å². The van der Waals surface area contributed by atoms with Crippen LogP contribution in [0, 0.1) is 11.6 Å². The normalized spacial score (nSPS) is 11.0. The Labute approximate surface area is 163 Å². The molecule has 0 bridgehead atoms. The molecule has 4 rings (SSSR count). The van der Waals surface area contributed by atoms with E-state index in [2.05, 4.69) is 10.3 Å². The molecule has 0 radical (unpaired) electrons. The highest BCUT2D eigenvalue weighted by molar-refractivity contribution is 7.14. The number of anilines is 1. The van der Waals surface area contributed by atoms with Crippen LogP contribution in [-0.2, 0) is 7.05 Å². The van der Waals surface area contributed by atoms with Gasteiger partial charge in [0, 0.05) is 23.4 Å². The number of hydrogen-bond donors (Lipinski definition) is 1. The zero-order chi connectivity index (χ0) is 19.8. The van der Waals surface area contributed by atoms with Crippen molar-refractivity contribution in [3.05, 3.63) is 65.2 Å². The number of thiazole rings is 1. The van der Waals surface area contributed by atoms with Gasteiger partial charge in [-0.15, -0.1) is 11.3 Å². The number of rotatable bonds is 4. The zero-order valence-corrected chi connectivity index (χ0v) is 15.8. The van der Waals surface area contributed by atoms with Crippen LogP contribution in [0.1, 0.15) is 10.5 Å². The lowest BCUT2D eigenvalue weighted by atomic mass is 10.1. The quantitative estimate of drug-likeness (QED) is 0.534. The Morgan fingerprint density at radius 1 is 1.14 bits per heavy atom. The van der Waals surface area contributed by atoms with E-state index in [1.807, 2.05) is 0 Å². The highest BCUT2D eigenvalue weighted by atomic mass is 32.1. The van der Waals surface area contributed by atoms with E-state index in [1.54, 1.807) is 29.1 Å². The van der Waals surface area contributed by atoms with Gasteiger partial charge in [0.15, 0.2) is 5.13 Å². The number of nitrogens with zero attached hydrogens (tertiary/aromatic N) is 2. The molecule has 0 unspecified atom stereocenters. The molecule has 0 fully saturated rings. The average molecular weight is 399 g/mol. The summed E-state index contributed by atoms with van der Waals surface area (Å²) in [6, 6.07) is 10.2. The third-order valence-electron chi connectivity index (χ3n) is 4.40. The maximum atomic E-state index is 13.6. The van der Waals surface area contributed by atoms with Crippen molar-refractivity contribution in [2.75, 3.05) is 12.4 Å². The number of nitrogens with one attached hydrogen (secondary N) is 1. The van der Waals surface area contributed by atoms with E-state index in [1.165, 1.54) is 48.8 Å². The summed E-state index contributed by atoms with van der Waals surface area (Å²) in [6.07, 6.45) is 0. The minimum atomic E-state index is -0.405. The van der Waals surface area contributed by atoms with Crippen molar-refractivity contribution in [2.24, 2.45) is 7.05 Å². The number of carbonyl (C=O) groups is 1. The fourth-order valence-electron chi connectivity index (χ4n) is 3.02. The predicted molar refractivity (Wildman–Crippen MR) is 105 cm³/mol. The maximum Gasteiger partial charge on any atom is 0.274 e. The van der Waals surface area contributed by atoms with Crippen molar-refractivity contribution in [2.45, 2.75) is 0 Å². The van der Waals surface area contributed by atoms with Crippen molar-refractivity contribution in [3.8, 4) is 17.0 Å². The van der Waals surface area contributed by atoms with Crippen LogP contribution >= 0.6 is 11.3 Å². The number of benzene rings is 2. The first-order valence-corrected chi connectivity index (χ1v) is 9.20. The number of halogens is 2. The minimum absolute atomic E-state index is 0.364. The van der Waals surface area contributed by atoms with Gasteiger partial charge in [-0.25, -0.2) is 13.8 Å². The molecule has 0 aliphatic rings. The Morgan fingerprint density at radius 2 is 1.89 bits per heavy atom. The number of ether oxygens (including phenoxy) is 1. The second-order valence-corrected chi connectivity index (χ2v) is 6.99. The second kappa shape index (κ2) is 7.05. The minimum Gasteiger partial charge on any atom is -0.496 e. The van der Waals surface area contributed by atoms with E-state index in [0.29, 0.717) is 33.3 Å². The fraction of sp³-hybridized carbons (Fsp3) is 0.100. The second-order valence-electron chi connectivity index (χ2n) is 6.13. The van der Waals surface area contributed by atoms with Gasteiger partial charge in [-0.2, -0.15) is 0 Å². The molecule has 0 aliphatic heterocycles. The molecule has 28 heavy (non-hydrogen) atoms. The lowest BCUT2D eigenvalue weighted by molar-refractivity contribution is 0.101. The van der Waals surface area contributed by atoms with Crippen LogP contribution in [0.3, 0.4) is 0 Å². The Balaban J connectivity index is 1.62. The van der Waals surface area contributed by atoms with E-state index in [0.717, 1.165) is 5.39 Å². The Kier molecular flexibility index (Phi) is 4.56. The molecule has 4 aromatic rings. The fourth-order valence-corrected chi connectivity index (χ4v) is 3.72. The van der Waals surface area contributed by atoms with E-state index in [-0.39, 0.29) is 11.7 Å². The van der Waals surface area contributed by atoms with E-state index < -0.39 is 5.82 Å². The molecule has 0 spiro atoms. The van der Waals surface area contributed by atoms with Gasteiger partial charge in [-0.1, -0.05) is 0 Å². The van der Waals surface area contributed by atoms with Gasteiger partial charge in [-0.3, -0.25) is 10.1 Å². The molecule has 2 aromatic heterocycles. The molecule has 0 saturated carbocycles. The smallest absolute Gasteiger partial charge is 0.274 e. The van der Waals surface area contributed by atoms with Gasteiger partial charge in [-0.05, 0) is 42.5 Å². The molecular formula is C20H15F2N3O2S. The maximum absolute atomic E-state index is 13.6. The van der Waals surface area contributed by atoms with Crippen LogP contribution < -0.4 is 10.1 Å².